The van der Waals surface area contributed by atoms with Gasteiger partial charge in [-0.1, -0.05) is 36.0 Å². The van der Waals surface area contributed by atoms with E-state index in [4.69, 9.17) is 9.47 Å². The molecule has 2 aromatic carbocycles. The first-order valence-corrected chi connectivity index (χ1v) is 12.1. The molecule has 8 nitrogen and oxygen atoms in total. The van der Waals surface area contributed by atoms with E-state index in [2.05, 4.69) is 15.3 Å². The topological polar surface area (TPSA) is 93.7 Å². The Morgan fingerprint density at radius 1 is 0.971 bits per heavy atom. The van der Waals surface area contributed by atoms with Crippen LogP contribution in [0.4, 0.5) is 5.69 Å². The molecule has 1 heterocycles. The van der Waals surface area contributed by atoms with Crippen LogP contribution in [-0.4, -0.2) is 53.2 Å². The molecule has 1 N–H and O–H groups in total. The number of nitrogens with zero attached hydrogens (tertiary/aromatic N) is 3. The van der Waals surface area contributed by atoms with Gasteiger partial charge in [0, 0.05) is 24.0 Å². The van der Waals surface area contributed by atoms with Crippen LogP contribution in [0.3, 0.4) is 0 Å². The van der Waals surface area contributed by atoms with Crippen LogP contribution in [0, 0.1) is 20.8 Å². The predicted octanol–water partition coefficient (Wildman–Crippen LogP) is 4.18. The lowest BCUT2D eigenvalue weighted by molar-refractivity contribution is -0.133. The Hall–Kier alpha value is -3.59. The van der Waals surface area contributed by atoms with Gasteiger partial charge in [0.2, 0.25) is 11.8 Å². The number of benzene rings is 2. The third kappa shape index (κ3) is 7.45. The number of thioether (sulfide) groups is 1. The van der Waals surface area contributed by atoms with Gasteiger partial charge >= 0.3 is 0 Å². The molecule has 0 saturated heterocycles. The highest BCUT2D eigenvalue weighted by Gasteiger charge is 2.20. The van der Waals surface area contributed by atoms with Crippen LogP contribution in [0.1, 0.15) is 22.5 Å². The van der Waals surface area contributed by atoms with Crippen LogP contribution < -0.4 is 14.8 Å². The summed E-state index contributed by atoms with van der Waals surface area (Å²) in [6, 6.07) is 14.8. The lowest BCUT2D eigenvalue weighted by Gasteiger charge is -2.23. The molecular weight excluding hydrogens is 464 g/mol. The number of aryl methyl sites for hydroxylation is 3. The molecule has 3 aromatic rings. The van der Waals surface area contributed by atoms with E-state index in [1.165, 1.54) is 18.9 Å². The van der Waals surface area contributed by atoms with Crippen molar-refractivity contribution < 1.29 is 19.1 Å². The first-order chi connectivity index (χ1) is 16.8. The zero-order valence-electron chi connectivity index (χ0n) is 20.6. The Bertz CT molecular complexity index is 1180. The molecule has 0 bridgehead atoms. The number of nitrogens with one attached hydrogen (secondary N) is 1. The largest absolute Gasteiger partial charge is 0.497 e. The summed E-state index contributed by atoms with van der Waals surface area (Å²) in [5.74, 6) is 0.688. The molecule has 0 aliphatic rings. The van der Waals surface area contributed by atoms with Gasteiger partial charge in [0.1, 0.15) is 18.0 Å². The fraction of sp³-hybridized carbons (Fsp3) is 0.308. The van der Waals surface area contributed by atoms with E-state index in [0.717, 1.165) is 22.5 Å². The Kier molecular flexibility index (Phi) is 9.08. The molecule has 0 aliphatic heterocycles. The molecule has 0 fully saturated rings. The van der Waals surface area contributed by atoms with Gasteiger partial charge in [0.25, 0.3) is 0 Å². The second kappa shape index (κ2) is 12.2. The molecule has 0 spiro atoms. The van der Waals surface area contributed by atoms with Crippen molar-refractivity contribution in [2.24, 2.45) is 0 Å². The SMILES string of the molecule is COc1ccc(NC(=O)CN(Cc2ccccc2C)C(=O)CSc2nc(C)cc(C)n2)c(OC)c1. The summed E-state index contributed by atoms with van der Waals surface area (Å²) in [5.41, 5.74) is 4.21. The van der Waals surface area contributed by atoms with Crippen molar-refractivity contribution in [2.75, 3.05) is 31.8 Å². The summed E-state index contributed by atoms with van der Waals surface area (Å²) >= 11 is 1.26. The van der Waals surface area contributed by atoms with Crippen molar-refractivity contribution in [1.29, 1.82) is 0 Å². The molecule has 35 heavy (non-hydrogen) atoms. The predicted molar refractivity (Wildman–Crippen MR) is 137 cm³/mol. The minimum absolute atomic E-state index is 0.114. The third-order valence-corrected chi connectivity index (χ3v) is 6.11. The summed E-state index contributed by atoms with van der Waals surface area (Å²) in [6.07, 6.45) is 0. The van der Waals surface area contributed by atoms with E-state index in [9.17, 15) is 9.59 Å². The number of hydrogen-bond acceptors (Lipinski definition) is 7. The van der Waals surface area contributed by atoms with Crippen LogP contribution in [0.5, 0.6) is 11.5 Å². The number of ether oxygens (including phenoxy) is 2. The maximum atomic E-state index is 13.2. The number of anilines is 1. The highest BCUT2D eigenvalue weighted by atomic mass is 32.2. The molecule has 184 valence electrons. The van der Waals surface area contributed by atoms with Gasteiger partial charge in [-0.3, -0.25) is 9.59 Å². The first-order valence-electron chi connectivity index (χ1n) is 11.1. The molecule has 2 amide bonds. The van der Waals surface area contributed by atoms with Crippen LogP contribution in [0.2, 0.25) is 0 Å². The van der Waals surface area contributed by atoms with Gasteiger partial charge in [0.05, 0.1) is 25.7 Å². The van der Waals surface area contributed by atoms with Crippen molar-refractivity contribution in [3.63, 3.8) is 0 Å². The number of hydrogen-bond donors (Lipinski definition) is 1. The van der Waals surface area contributed by atoms with E-state index >= 15 is 0 Å². The zero-order valence-corrected chi connectivity index (χ0v) is 21.4. The molecule has 0 atom stereocenters. The number of aromatic nitrogens is 2. The maximum Gasteiger partial charge on any atom is 0.244 e. The van der Waals surface area contributed by atoms with Gasteiger partial charge in [-0.15, -0.1) is 0 Å². The molecule has 0 aliphatic carbocycles. The number of rotatable bonds is 10. The van der Waals surface area contributed by atoms with Crippen LogP contribution in [-0.2, 0) is 16.1 Å². The minimum atomic E-state index is -0.331. The molecule has 1 aromatic heterocycles. The average Bonchev–Trinajstić information content (AvgIpc) is 2.83. The van der Waals surface area contributed by atoms with E-state index < -0.39 is 0 Å². The van der Waals surface area contributed by atoms with Gasteiger partial charge in [-0.2, -0.15) is 0 Å². The van der Waals surface area contributed by atoms with Gasteiger partial charge in [-0.25, -0.2) is 9.97 Å². The van der Waals surface area contributed by atoms with Gasteiger partial charge < -0.3 is 19.7 Å². The Morgan fingerprint density at radius 3 is 2.34 bits per heavy atom. The second-order valence-corrected chi connectivity index (χ2v) is 8.96. The Morgan fingerprint density at radius 2 is 1.69 bits per heavy atom. The highest BCUT2D eigenvalue weighted by molar-refractivity contribution is 7.99. The highest BCUT2D eigenvalue weighted by Crippen LogP contribution is 2.29. The van der Waals surface area contributed by atoms with Crippen molar-refractivity contribution in [3.8, 4) is 11.5 Å². The summed E-state index contributed by atoms with van der Waals surface area (Å²) < 4.78 is 10.6. The second-order valence-electron chi connectivity index (χ2n) is 8.01. The lowest BCUT2D eigenvalue weighted by atomic mass is 10.1. The summed E-state index contributed by atoms with van der Waals surface area (Å²) in [4.78, 5) is 36.5. The fourth-order valence-electron chi connectivity index (χ4n) is 3.47. The summed E-state index contributed by atoms with van der Waals surface area (Å²) in [6.45, 7) is 5.97. The van der Waals surface area contributed by atoms with Gasteiger partial charge in [-0.05, 0) is 50.1 Å². The molecule has 0 radical (unpaired) electrons. The molecule has 3 rings (SSSR count). The molecular formula is C26H30N4O4S. The van der Waals surface area contributed by atoms with Crippen LogP contribution in [0.15, 0.2) is 53.7 Å². The van der Waals surface area contributed by atoms with Crippen LogP contribution in [0.25, 0.3) is 0 Å². The standard InChI is InChI=1S/C26H30N4O4S/c1-17-8-6-7-9-20(17)14-30(25(32)16-35-26-27-18(2)12-19(3)28-26)15-24(31)29-22-11-10-21(33-4)13-23(22)34-5/h6-13H,14-16H2,1-5H3,(H,29,31). The van der Waals surface area contributed by atoms with Crippen molar-refractivity contribution in [2.45, 2.75) is 32.5 Å². The first kappa shape index (κ1) is 26.0. The molecule has 9 heteroatoms. The molecule has 0 unspecified atom stereocenters. The minimum Gasteiger partial charge on any atom is -0.497 e. The van der Waals surface area contributed by atoms with E-state index in [-0.39, 0.29) is 24.1 Å². The van der Waals surface area contributed by atoms with Crippen molar-refractivity contribution in [3.05, 3.63) is 71.0 Å². The van der Waals surface area contributed by atoms with E-state index in [1.807, 2.05) is 51.1 Å². The summed E-state index contributed by atoms with van der Waals surface area (Å²) in [5, 5.41) is 3.38. The number of amides is 2. The number of methoxy groups -OCH3 is 2. The fourth-order valence-corrected chi connectivity index (χ4v) is 4.32. The summed E-state index contributed by atoms with van der Waals surface area (Å²) in [7, 11) is 3.08. The normalized spacial score (nSPS) is 10.5. The van der Waals surface area contributed by atoms with E-state index in [0.29, 0.717) is 28.9 Å². The zero-order chi connectivity index (χ0) is 25.4. The van der Waals surface area contributed by atoms with E-state index in [1.54, 1.807) is 30.2 Å². The maximum absolute atomic E-state index is 13.2. The number of carbonyl (C=O) groups excluding carboxylic acids is 2. The third-order valence-electron chi connectivity index (χ3n) is 5.28. The molecule has 0 saturated carbocycles. The number of carbonyl (C=O) groups is 2. The smallest absolute Gasteiger partial charge is 0.244 e. The Balaban J connectivity index is 1.75. The monoisotopic (exact) mass is 494 g/mol. The lowest BCUT2D eigenvalue weighted by Crippen LogP contribution is -2.38. The average molecular weight is 495 g/mol. The quantitative estimate of drug-likeness (QED) is 0.334. The van der Waals surface area contributed by atoms with Crippen LogP contribution >= 0.6 is 11.8 Å². The van der Waals surface area contributed by atoms with Crippen molar-refractivity contribution >= 4 is 29.3 Å². The Labute approximate surface area is 210 Å². The van der Waals surface area contributed by atoms with Gasteiger partial charge in [0.15, 0.2) is 5.16 Å². The van der Waals surface area contributed by atoms with Crippen molar-refractivity contribution in [1.82, 2.24) is 14.9 Å².